The van der Waals surface area contributed by atoms with Crippen LogP contribution in [0.25, 0.3) is 10.8 Å². The van der Waals surface area contributed by atoms with Crippen LogP contribution < -0.4 is 16.6 Å². The molecule has 5 nitrogen and oxygen atoms in total. The maximum atomic E-state index is 13.8. The number of rotatable bonds is 3. The molecule has 0 fully saturated rings. The van der Waals surface area contributed by atoms with E-state index in [9.17, 15) is 8.78 Å². The third-order valence-electron chi connectivity index (χ3n) is 3.00. The Labute approximate surface area is 118 Å². The van der Waals surface area contributed by atoms with Crippen LogP contribution >= 0.6 is 0 Å². The molecule has 0 bridgehead atoms. The number of fused-ring (bicyclic) bond motifs is 1. The Morgan fingerprint density at radius 3 is 2.67 bits per heavy atom. The maximum absolute atomic E-state index is 13.8. The molecule has 4 N–H and O–H groups in total. The van der Waals surface area contributed by atoms with Crippen LogP contribution in [0.4, 0.5) is 26.1 Å². The van der Waals surface area contributed by atoms with Crippen molar-refractivity contribution >= 4 is 28.1 Å². The van der Waals surface area contributed by atoms with Gasteiger partial charge in [-0.2, -0.15) is 0 Å². The molecule has 0 unspecified atom stereocenters. The van der Waals surface area contributed by atoms with Crippen LogP contribution in [-0.2, 0) is 0 Å². The Morgan fingerprint density at radius 1 is 1.05 bits per heavy atom. The number of nitrogens with one attached hydrogen (secondary N) is 2. The number of nitrogens with two attached hydrogens (primary N) is 1. The Bertz CT molecular complexity index is 801. The van der Waals surface area contributed by atoms with Gasteiger partial charge in [-0.1, -0.05) is 12.1 Å². The molecule has 0 amide bonds. The zero-order valence-corrected chi connectivity index (χ0v) is 10.8. The van der Waals surface area contributed by atoms with Gasteiger partial charge in [0.15, 0.2) is 23.3 Å². The first-order valence-electron chi connectivity index (χ1n) is 6.11. The fraction of sp³-hybridized carbons (Fsp3) is 0. The van der Waals surface area contributed by atoms with Crippen LogP contribution in [0.5, 0.6) is 0 Å². The van der Waals surface area contributed by atoms with Crippen molar-refractivity contribution in [2.75, 3.05) is 10.7 Å². The van der Waals surface area contributed by atoms with E-state index < -0.39 is 11.6 Å². The van der Waals surface area contributed by atoms with Crippen LogP contribution in [0.3, 0.4) is 0 Å². The Kier molecular flexibility index (Phi) is 3.33. The summed E-state index contributed by atoms with van der Waals surface area (Å²) in [5.41, 5.74) is 2.69. The number of hydrazine groups is 1. The lowest BCUT2D eigenvalue weighted by atomic mass is 10.1. The molecule has 0 aliphatic carbocycles. The van der Waals surface area contributed by atoms with Crippen LogP contribution in [-0.4, -0.2) is 9.97 Å². The molecule has 2 heterocycles. The molecule has 0 aliphatic rings. The minimum atomic E-state index is -0.861. The number of halogens is 2. The molecule has 0 radical (unpaired) electrons. The van der Waals surface area contributed by atoms with Gasteiger partial charge in [0, 0.05) is 29.5 Å². The van der Waals surface area contributed by atoms with E-state index in [1.54, 1.807) is 18.5 Å². The molecular formula is C14H11F2N5. The van der Waals surface area contributed by atoms with Crippen molar-refractivity contribution in [3.63, 3.8) is 0 Å². The molecule has 0 aliphatic heterocycles. The van der Waals surface area contributed by atoms with Gasteiger partial charge in [-0.25, -0.2) is 19.6 Å². The lowest BCUT2D eigenvalue weighted by molar-refractivity contribution is 0.579. The molecule has 0 atom stereocenters. The average Bonchev–Trinajstić information content (AvgIpc) is 2.50. The normalized spacial score (nSPS) is 10.6. The van der Waals surface area contributed by atoms with Gasteiger partial charge in [-0.05, 0) is 17.5 Å². The fourth-order valence-corrected chi connectivity index (χ4v) is 2.01. The molecule has 3 rings (SSSR count). The number of nitrogen functional groups attached to an aromatic ring is 1. The second-order valence-electron chi connectivity index (χ2n) is 4.32. The lowest BCUT2D eigenvalue weighted by Crippen LogP contribution is -2.12. The Morgan fingerprint density at radius 2 is 1.86 bits per heavy atom. The van der Waals surface area contributed by atoms with Crippen LogP contribution in [0.15, 0.2) is 42.7 Å². The molecule has 0 saturated heterocycles. The summed E-state index contributed by atoms with van der Waals surface area (Å²) in [6.07, 6.45) is 3.32. The van der Waals surface area contributed by atoms with Crippen molar-refractivity contribution in [1.29, 1.82) is 0 Å². The van der Waals surface area contributed by atoms with E-state index >= 15 is 0 Å². The third-order valence-corrected chi connectivity index (χ3v) is 3.00. The van der Waals surface area contributed by atoms with E-state index in [1.807, 2.05) is 18.2 Å². The smallest absolute Gasteiger partial charge is 0.178 e. The third kappa shape index (κ3) is 2.46. The molecule has 1 aromatic carbocycles. The molecular weight excluding hydrogens is 276 g/mol. The highest BCUT2D eigenvalue weighted by atomic mass is 19.1. The summed E-state index contributed by atoms with van der Waals surface area (Å²) in [6.45, 7) is 0. The number of anilines is 3. The first-order chi connectivity index (χ1) is 10.2. The first kappa shape index (κ1) is 13.2. The second-order valence-corrected chi connectivity index (χ2v) is 4.32. The second kappa shape index (κ2) is 5.29. The topological polar surface area (TPSA) is 75.9 Å². The predicted molar refractivity (Wildman–Crippen MR) is 77.0 cm³/mol. The Balaban J connectivity index is 2.07. The SMILES string of the molecule is NNc1nc(Nc2cccc3ccncc23)c(F)cc1F. The molecule has 0 spiro atoms. The predicted octanol–water partition coefficient (Wildman–Crippen LogP) is 2.94. The van der Waals surface area contributed by atoms with Crippen LogP contribution in [0.1, 0.15) is 0 Å². The standard InChI is InChI=1S/C14H11F2N5/c15-10-6-11(16)14(21-17)20-13(10)19-12-3-1-2-8-4-5-18-7-9(8)12/h1-7H,17H2,(H2,19,20,21). The molecule has 0 saturated carbocycles. The summed E-state index contributed by atoms with van der Waals surface area (Å²) in [5.74, 6) is 3.10. The van der Waals surface area contributed by atoms with E-state index in [1.165, 1.54) is 0 Å². The Hall–Kier alpha value is -2.80. The average molecular weight is 287 g/mol. The number of hydrogen-bond acceptors (Lipinski definition) is 5. The summed E-state index contributed by atoms with van der Waals surface area (Å²) in [5, 5.41) is 4.57. The van der Waals surface area contributed by atoms with Gasteiger partial charge in [-0.15, -0.1) is 0 Å². The van der Waals surface area contributed by atoms with Gasteiger partial charge in [-0.3, -0.25) is 4.98 Å². The largest absolute Gasteiger partial charge is 0.337 e. The van der Waals surface area contributed by atoms with Crippen LogP contribution in [0, 0.1) is 11.6 Å². The molecule has 3 aromatic rings. The number of hydrogen-bond donors (Lipinski definition) is 3. The minimum absolute atomic E-state index is 0.124. The maximum Gasteiger partial charge on any atom is 0.178 e. The lowest BCUT2D eigenvalue weighted by Gasteiger charge is -2.11. The fourth-order valence-electron chi connectivity index (χ4n) is 2.01. The monoisotopic (exact) mass is 287 g/mol. The van der Waals surface area contributed by atoms with Crippen molar-refractivity contribution in [2.24, 2.45) is 5.84 Å². The zero-order chi connectivity index (χ0) is 14.8. The van der Waals surface area contributed by atoms with Gasteiger partial charge < -0.3 is 10.7 Å². The number of pyridine rings is 2. The van der Waals surface area contributed by atoms with Gasteiger partial charge in [0.1, 0.15) is 0 Å². The van der Waals surface area contributed by atoms with Crippen LogP contribution in [0.2, 0.25) is 0 Å². The van der Waals surface area contributed by atoms with Gasteiger partial charge in [0.05, 0.1) is 0 Å². The highest BCUT2D eigenvalue weighted by Gasteiger charge is 2.12. The zero-order valence-electron chi connectivity index (χ0n) is 10.8. The highest BCUT2D eigenvalue weighted by molar-refractivity contribution is 5.94. The summed E-state index contributed by atoms with van der Waals surface area (Å²) in [7, 11) is 0. The van der Waals surface area contributed by atoms with Crippen molar-refractivity contribution < 1.29 is 8.78 Å². The highest BCUT2D eigenvalue weighted by Crippen LogP contribution is 2.27. The molecule has 7 heteroatoms. The van der Waals surface area contributed by atoms with Gasteiger partial charge >= 0.3 is 0 Å². The molecule has 21 heavy (non-hydrogen) atoms. The first-order valence-corrected chi connectivity index (χ1v) is 6.11. The van der Waals surface area contributed by atoms with Crippen molar-refractivity contribution in [3.8, 4) is 0 Å². The number of nitrogens with zero attached hydrogens (tertiary/aromatic N) is 2. The molecule has 2 aromatic heterocycles. The number of benzene rings is 1. The minimum Gasteiger partial charge on any atom is -0.337 e. The van der Waals surface area contributed by atoms with E-state index in [0.717, 1.165) is 10.8 Å². The summed E-state index contributed by atoms with van der Waals surface area (Å²) < 4.78 is 27.1. The number of aromatic nitrogens is 2. The summed E-state index contributed by atoms with van der Waals surface area (Å²) in [6, 6.07) is 8.03. The van der Waals surface area contributed by atoms with Gasteiger partial charge in [0.25, 0.3) is 0 Å². The van der Waals surface area contributed by atoms with E-state index in [-0.39, 0.29) is 11.6 Å². The quantitative estimate of drug-likeness (QED) is 0.510. The summed E-state index contributed by atoms with van der Waals surface area (Å²) in [4.78, 5) is 7.81. The van der Waals surface area contributed by atoms with E-state index in [2.05, 4.69) is 20.7 Å². The summed E-state index contributed by atoms with van der Waals surface area (Å²) >= 11 is 0. The molecule has 106 valence electrons. The van der Waals surface area contributed by atoms with Crippen molar-refractivity contribution in [3.05, 3.63) is 54.4 Å². The van der Waals surface area contributed by atoms with E-state index in [0.29, 0.717) is 11.8 Å². The van der Waals surface area contributed by atoms with Gasteiger partial charge in [0.2, 0.25) is 0 Å². The van der Waals surface area contributed by atoms with Crippen molar-refractivity contribution in [2.45, 2.75) is 0 Å². The van der Waals surface area contributed by atoms with E-state index in [4.69, 9.17) is 5.84 Å². The van der Waals surface area contributed by atoms with Crippen molar-refractivity contribution in [1.82, 2.24) is 9.97 Å².